The summed E-state index contributed by atoms with van der Waals surface area (Å²) < 4.78 is 2.36. The minimum atomic E-state index is 0.603. The molecular formula is C69H46N4. The highest BCUT2D eigenvalue weighted by atomic mass is 15.0. The summed E-state index contributed by atoms with van der Waals surface area (Å²) in [5.41, 5.74) is 19.9. The zero-order valence-corrected chi connectivity index (χ0v) is 39.8. The summed E-state index contributed by atoms with van der Waals surface area (Å²) in [6.07, 6.45) is 0. The molecule has 0 aliphatic carbocycles. The molecule has 4 nitrogen and oxygen atoms in total. The minimum Gasteiger partial charge on any atom is -0.309 e. The van der Waals surface area contributed by atoms with E-state index in [1.807, 2.05) is 0 Å². The molecular weight excluding hydrogens is 885 g/mol. The van der Waals surface area contributed by atoms with E-state index in [0.29, 0.717) is 17.5 Å². The van der Waals surface area contributed by atoms with Gasteiger partial charge >= 0.3 is 0 Å². The van der Waals surface area contributed by atoms with E-state index in [4.69, 9.17) is 15.0 Å². The average Bonchev–Trinajstić information content (AvgIpc) is 3.82. The third-order valence-corrected chi connectivity index (χ3v) is 13.8. The summed E-state index contributed by atoms with van der Waals surface area (Å²) in [5.74, 6) is 1.81. The normalized spacial score (nSPS) is 11.3. The summed E-state index contributed by atoms with van der Waals surface area (Å²) >= 11 is 0. The van der Waals surface area contributed by atoms with Crippen molar-refractivity contribution in [3.05, 3.63) is 279 Å². The second-order valence-electron chi connectivity index (χ2n) is 18.4. The molecule has 0 atom stereocenters. The lowest BCUT2D eigenvalue weighted by atomic mass is 9.95. The second kappa shape index (κ2) is 18.9. The molecule has 0 aliphatic heterocycles. The fraction of sp³-hybridized carbons (Fsp3) is 0. The summed E-state index contributed by atoms with van der Waals surface area (Å²) in [5, 5.41) is 2.48. The Balaban J connectivity index is 0.888. The van der Waals surface area contributed by atoms with Gasteiger partial charge in [0.2, 0.25) is 0 Å². The van der Waals surface area contributed by atoms with Gasteiger partial charge in [0.1, 0.15) is 0 Å². The van der Waals surface area contributed by atoms with Gasteiger partial charge in [0.05, 0.1) is 11.0 Å². The Hall–Kier alpha value is -9.77. The molecule has 0 unspecified atom stereocenters. The molecule has 11 aromatic carbocycles. The van der Waals surface area contributed by atoms with Gasteiger partial charge in [-0.1, -0.05) is 224 Å². The Kier molecular flexibility index (Phi) is 11.2. The van der Waals surface area contributed by atoms with Crippen LogP contribution in [0.5, 0.6) is 0 Å². The molecule has 0 fully saturated rings. The predicted octanol–water partition coefficient (Wildman–Crippen LogP) is 18.0. The van der Waals surface area contributed by atoms with E-state index in [1.165, 1.54) is 49.6 Å². The van der Waals surface area contributed by atoms with Crippen molar-refractivity contribution in [2.45, 2.75) is 0 Å². The Morgan fingerprint density at radius 2 is 0.466 bits per heavy atom. The fourth-order valence-corrected chi connectivity index (χ4v) is 10.2. The summed E-state index contributed by atoms with van der Waals surface area (Å²) in [6, 6.07) is 99.0. The topological polar surface area (TPSA) is 43.6 Å². The quantitative estimate of drug-likeness (QED) is 0.137. The van der Waals surface area contributed by atoms with Crippen LogP contribution >= 0.6 is 0 Å². The van der Waals surface area contributed by atoms with E-state index >= 15 is 0 Å². The zero-order chi connectivity index (χ0) is 48.5. The molecule has 0 aliphatic rings. The molecule has 2 heterocycles. The van der Waals surface area contributed by atoms with Crippen LogP contribution in [0.2, 0.25) is 0 Å². The number of rotatable bonds is 10. The van der Waals surface area contributed by atoms with Crippen LogP contribution in [0.25, 0.3) is 128 Å². The Morgan fingerprint density at radius 3 is 0.890 bits per heavy atom. The average molecular weight is 931 g/mol. The van der Waals surface area contributed by atoms with Crippen LogP contribution in [0.4, 0.5) is 0 Å². The molecule has 342 valence electrons. The Bertz CT molecular complexity index is 4080. The molecule has 0 radical (unpaired) electrons. The first-order chi connectivity index (χ1) is 36.1. The van der Waals surface area contributed by atoms with Crippen molar-refractivity contribution in [1.82, 2.24) is 19.5 Å². The molecule has 4 heteroatoms. The maximum absolute atomic E-state index is 5.28. The Labute approximate surface area is 424 Å². The van der Waals surface area contributed by atoms with Crippen molar-refractivity contribution in [1.29, 1.82) is 0 Å². The van der Waals surface area contributed by atoms with E-state index in [2.05, 4.69) is 284 Å². The highest BCUT2D eigenvalue weighted by Crippen LogP contribution is 2.36. The van der Waals surface area contributed by atoms with Crippen LogP contribution in [0.1, 0.15) is 0 Å². The first kappa shape index (κ1) is 43.3. The number of fused-ring (bicyclic) bond motifs is 3. The molecule has 13 rings (SSSR count). The third kappa shape index (κ3) is 8.58. The first-order valence-electron chi connectivity index (χ1n) is 24.7. The van der Waals surface area contributed by atoms with Gasteiger partial charge in [0.15, 0.2) is 17.5 Å². The molecule has 0 N–H and O–H groups in total. The number of hydrogen-bond donors (Lipinski definition) is 0. The van der Waals surface area contributed by atoms with Gasteiger partial charge in [-0.2, -0.15) is 0 Å². The number of nitrogens with zero attached hydrogens (tertiary/aromatic N) is 4. The van der Waals surface area contributed by atoms with E-state index in [1.54, 1.807) is 0 Å². The van der Waals surface area contributed by atoms with E-state index in [0.717, 1.165) is 61.3 Å². The SMILES string of the molecule is c1ccc(-c2cccc(-c3ccc(-c4nc(-c5cccc(-c6cccc(-c7cccc(-c8ccccc8)c7)c6)c5)nc(-c5cccc(-c6cccc(-n7c8ccccc8c8ccccc87)c6)c5)n4)cc3)c2)cc1. The van der Waals surface area contributed by atoms with E-state index in [-0.39, 0.29) is 0 Å². The molecule has 0 saturated carbocycles. The molecule has 0 amide bonds. The van der Waals surface area contributed by atoms with Gasteiger partial charge < -0.3 is 4.57 Å². The molecule has 2 aromatic heterocycles. The third-order valence-electron chi connectivity index (χ3n) is 13.8. The van der Waals surface area contributed by atoms with Crippen molar-refractivity contribution in [3.8, 4) is 107 Å². The smallest absolute Gasteiger partial charge is 0.164 e. The number of benzene rings is 11. The van der Waals surface area contributed by atoms with Crippen LogP contribution < -0.4 is 0 Å². The monoisotopic (exact) mass is 930 g/mol. The predicted molar refractivity (Wildman–Crippen MR) is 303 cm³/mol. The van der Waals surface area contributed by atoms with Crippen molar-refractivity contribution in [2.75, 3.05) is 0 Å². The minimum absolute atomic E-state index is 0.603. The summed E-state index contributed by atoms with van der Waals surface area (Å²) in [4.78, 5) is 15.8. The van der Waals surface area contributed by atoms with Crippen LogP contribution in [0.3, 0.4) is 0 Å². The van der Waals surface area contributed by atoms with Crippen molar-refractivity contribution < 1.29 is 0 Å². The number of hydrogen-bond acceptors (Lipinski definition) is 3. The molecule has 0 saturated heterocycles. The van der Waals surface area contributed by atoms with Crippen LogP contribution in [-0.4, -0.2) is 19.5 Å². The van der Waals surface area contributed by atoms with Gasteiger partial charge in [0.25, 0.3) is 0 Å². The highest BCUT2D eigenvalue weighted by Gasteiger charge is 2.17. The maximum Gasteiger partial charge on any atom is 0.164 e. The molecule has 0 bridgehead atoms. The van der Waals surface area contributed by atoms with E-state index < -0.39 is 0 Å². The molecule has 13 aromatic rings. The van der Waals surface area contributed by atoms with Crippen molar-refractivity contribution in [2.24, 2.45) is 0 Å². The largest absolute Gasteiger partial charge is 0.309 e. The standard InChI is InChI=1S/C69H46N4/c1-3-17-47(18-4-1)51-21-11-23-53(41-51)49-37-39-50(40-38-49)67-70-68(60-30-14-27-57(44-60)56-26-13-25-55(43-56)54-24-12-22-52(42-54)48-19-5-2-6-20-48)72-69(71-67)61-31-15-28-58(45-61)59-29-16-32-62(46-59)73-65-35-9-7-33-63(65)64-34-8-10-36-66(64)73/h1-46H. The van der Waals surface area contributed by atoms with E-state index in [9.17, 15) is 0 Å². The lowest BCUT2D eigenvalue weighted by Gasteiger charge is -2.12. The van der Waals surface area contributed by atoms with Gasteiger partial charge in [-0.05, 0) is 121 Å². The highest BCUT2D eigenvalue weighted by molar-refractivity contribution is 6.09. The maximum atomic E-state index is 5.28. The summed E-state index contributed by atoms with van der Waals surface area (Å²) in [6.45, 7) is 0. The number of aromatic nitrogens is 4. The van der Waals surface area contributed by atoms with Crippen LogP contribution in [-0.2, 0) is 0 Å². The number of para-hydroxylation sites is 2. The Morgan fingerprint density at radius 1 is 0.192 bits per heavy atom. The van der Waals surface area contributed by atoms with Gasteiger partial charge in [-0.25, -0.2) is 15.0 Å². The first-order valence-corrected chi connectivity index (χ1v) is 24.7. The van der Waals surface area contributed by atoms with Gasteiger partial charge in [-0.3, -0.25) is 0 Å². The lowest BCUT2D eigenvalue weighted by Crippen LogP contribution is -2.00. The molecule has 73 heavy (non-hydrogen) atoms. The van der Waals surface area contributed by atoms with Crippen LogP contribution in [0.15, 0.2) is 279 Å². The van der Waals surface area contributed by atoms with Crippen LogP contribution in [0, 0.1) is 0 Å². The van der Waals surface area contributed by atoms with Crippen molar-refractivity contribution >= 4 is 21.8 Å². The van der Waals surface area contributed by atoms with Crippen molar-refractivity contribution in [3.63, 3.8) is 0 Å². The zero-order valence-electron chi connectivity index (χ0n) is 39.8. The van der Waals surface area contributed by atoms with Gasteiger partial charge in [0, 0.05) is 33.2 Å². The second-order valence-corrected chi connectivity index (χ2v) is 18.4. The lowest BCUT2D eigenvalue weighted by molar-refractivity contribution is 1.07. The molecule has 0 spiro atoms. The summed E-state index contributed by atoms with van der Waals surface area (Å²) in [7, 11) is 0. The fourth-order valence-electron chi connectivity index (χ4n) is 10.2. The van der Waals surface area contributed by atoms with Gasteiger partial charge in [-0.15, -0.1) is 0 Å².